The van der Waals surface area contributed by atoms with Crippen LogP contribution in [0.15, 0.2) is 34.9 Å². The minimum atomic E-state index is -1.71. The summed E-state index contributed by atoms with van der Waals surface area (Å²) in [6.45, 7) is 7.13. The molecule has 0 amide bonds. The van der Waals surface area contributed by atoms with Gasteiger partial charge < -0.3 is 54.7 Å². The van der Waals surface area contributed by atoms with E-state index in [1.165, 1.54) is 11.1 Å². The Morgan fingerprint density at radius 2 is 1.21 bits per heavy atom. The Balaban J connectivity index is 1.88. The molecule has 38 heavy (non-hydrogen) atoms. The van der Waals surface area contributed by atoms with Crippen molar-refractivity contribution in [2.24, 2.45) is 0 Å². The summed E-state index contributed by atoms with van der Waals surface area (Å²) in [5.74, 6) is 0. The standard InChI is InChI=1S/C27H46O11/c1-15(2)7-5-8-16(3)9-6-10-17(4)11-12-35-26-24(34)22(32)25(19(14-29)37-26)38-27-23(33)21(31)20(30)18(13-28)36-27/h7,9,11,18-34H,5-6,8,10,12-14H2,1-4H3/t18-,19-,20-,21+,22-,23-,24-,25-,26?,27?/m1/s1. The summed E-state index contributed by atoms with van der Waals surface area (Å²) in [4.78, 5) is 0. The van der Waals surface area contributed by atoms with E-state index in [2.05, 4.69) is 32.9 Å². The van der Waals surface area contributed by atoms with E-state index in [0.29, 0.717) is 0 Å². The average molecular weight is 547 g/mol. The Kier molecular flexibility index (Phi) is 14.0. The predicted molar refractivity (Wildman–Crippen MR) is 138 cm³/mol. The van der Waals surface area contributed by atoms with E-state index in [4.69, 9.17) is 18.9 Å². The fourth-order valence-electron chi connectivity index (χ4n) is 4.32. The number of aliphatic hydroxyl groups is 7. The van der Waals surface area contributed by atoms with E-state index in [1.54, 1.807) is 0 Å². The molecule has 0 radical (unpaired) electrons. The molecule has 2 unspecified atom stereocenters. The lowest BCUT2D eigenvalue weighted by atomic mass is 9.97. The van der Waals surface area contributed by atoms with Gasteiger partial charge in [0.15, 0.2) is 12.6 Å². The second-order valence-electron chi connectivity index (χ2n) is 10.3. The van der Waals surface area contributed by atoms with Crippen molar-refractivity contribution >= 4 is 0 Å². The Morgan fingerprint density at radius 3 is 1.82 bits per heavy atom. The molecule has 0 spiro atoms. The first kappa shape index (κ1) is 33.0. The van der Waals surface area contributed by atoms with Gasteiger partial charge in [0.25, 0.3) is 0 Å². The van der Waals surface area contributed by atoms with E-state index in [0.717, 1.165) is 31.3 Å². The highest BCUT2D eigenvalue weighted by Crippen LogP contribution is 2.29. The third-order valence-corrected chi connectivity index (χ3v) is 6.78. The number of aliphatic hydroxyl groups excluding tert-OH is 7. The highest BCUT2D eigenvalue weighted by atomic mass is 16.7. The first-order valence-electron chi connectivity index (χ1n) is 13.1. The molecule has 2 heterocycles. The van der Waals surface area contributed by atoms with Crippen LogP contribution >= 0.6 is 0 Å². The van der Waals surface area contributed by atoms with Gasteiger partial charge in [0, 0.05) is 0 Å². The molecule has 0 aliphatic carbocycles. The molecule has 2 saturated heterocycles. The SMILES string of the molecule is CC(C)=CCCC(C)=CCCC(C)=CCOC1O[C@H](CO)[C@@H](OC2O[C@H](CO)[C@@H](O)[C@H](O)[C@H]2O)[C@H](O)[C@H]1O. The maximum Gasteiger partial charge on any atom is 0.187 e. The monoisotopic (exact) mass is 546 g/mol. The van der Waals surface area contributed by atoms with E-state index < -0.39 is 74.6 Å². The average Bonchev–Trinajstić information content (AvgIpc) is 2.87. The Morgan fingerprint density at radius 1 is 0.658 bits per heavy atom. The Bertz CT molecular complexity index is 790. The third-order valence-electron chi connectivity index (χ3n) is 6.78. The molecule has 11 heteroatoms. The lowest BCUT2D eigenvalue weighted by Gasteiger charge is -2.45. The number of allylic oxidation sites excluding steroid dienone is 5. The van der Waals surface area contributed by atoms with E-state index in [9.17, 15) is 35.7 Å². The molecule has 0 aromatic heterocycles. The zero-order valence-corrected chi connectivity index (χ0v) is 22.7. The largest absolute Gasteiger partial charge is 0.394 e. The van der Waals surface area contributed by atoms with Gasteiger partial charge >= 0.3 is 0 Å². The molecule has 220 valence electrons. The van der Waals surface area contributed by atoms with E-state index in [1.807, 2.05) is 13.0 Å². The predicted octanol–water partition coefficient (Wildman–Crippen LogP) is 0.0463. The summed E-state index contributed by atoms with van der Waals surface area (Å²) in [7, 11) is 0. The molecule has 0 aromatic carbocycles. The normalized spacial score (nSPS) is 36.8. The highest BCUT2D eigenvalue weighted by molar-refractivity contribution is 5.05. The van der Waals surface area contributed by atoms with Crippen molar-refractivity contribution in [1.82, 2.24) is 0 Å². The summed E-state index contributed by atoms with van der Waals surface area (Å²) in [6.07, 6.45) is -4.56. The van der Waals surface area contributed by atoms with E-state index in [-0.39, 0.29) is 6.61 Å². The molecule has 2 rings (SSSR count). The van der Waals surface area contributed by atoms with Crippen molar-refractivity contribution in [3.05, 3.63) is 34.9 Å². The molecule has 0 aromatic rings. The molecule has 2 aliphatic heterocycles. The molecule has 2 aliphatic rings. The van der Waals surface area contributed by atoms with Crippen molar-refractivity contribution in [3.63, 3.8) is 0 Å². The zero-order valence-electron chi connectivity index (χ0n) is 22.7. The van der Waals surface area contributed by atoms with Crippen LogP contribution in [0.1, 0.15) is 53.4 Å². The molecule has 0 saturated carbocycles. The van der Waals surface area contributed by atoms with Gasteiger partial charge in [-0.1, -0.05) is 34.9 Å². The minimum Gasteiger partial charge on any atom is -0.394 e. The molecule has 2 fully saturated rings. The zero-order chi connectivity index (χ0) is 28.4. The Labute approximate surface area is 224 Å². The number of hydrogen-bond acceptors (Lipinski definition) is 11. The fraction of sp³-hybridized carbons (Fsp3) is 0.778. The number of rotatable bonds is 13. The summed E-state index contributed by atoms with van der Waals surface area (Å²) in [6, 6.07) is 0. The van der Waals surface area contributed by atoms with Gasteiger partial charge in [-0.15, -0.1) is 0 Å². The number of ether oxygens (including phenoxy) is 4. The first-order chi connectivity index (χ1) is 18.0. The van der Waals surface area contributed by atoms with Crippen LogP contribution in [0, 0.1) is 0 Å². The van der Waals surface area contributed by atoms with Gasteiger partial charge in [0.2, 0.25) is 0 Å². The topological polar surface area (TPSA) is 179 Å². The van der Waals surface area contributed by atoms with Crippen LogP contribution in [0.3, 0.4) is 0 Å². The molecule has 7 N–H and O–H groups in total. The van der Waals surface area contributed by atoms with Crippen molar-refractivity contribution in [2.75, 3.05) is 19.8 Å². The van der Waals surface area contributed by atoms with Gasteiger partial charge in [0.05, 0.1) is 19.8 Å². The van der Waals surface area contributed by atoms with Gasteiger partial charge in [-0.2, -0.15) is 0 Å². The summed E-state index contributed by atoms with van der Waals surface area (Å²) >= 11 is 0. The van der Waals surface area contributed by atoms with Crippen molar-refractivity contribution in [1.29, 1.82) is 0 Å². The van der Waals surface area contributed by atoms with Crippen LogP contribution in [0.5, 0.6) is 0 Å². The molecule has 11 nitrogen and oxygen atoms in total. The first-order valence-corrected chi connectivity index (χ1v) is 13.1. The molecular formula is C27H46O11. The van der Waals surface area contributed by atoms with Crippen LogP contribution in [0.25, 0.3) is 0 Å². The maximum absolute atomic E-state index is 10.7. The number of hydrogen-bond donors (Lipinski definition) is 7. The summed E-state index contributed by atoms with van der Waals surface area (Å²) < 4.78 is 22.1. The summed E-state index contributed by atoms with van der Waals surface area (Å²) in [5, 5.41) is 70.5. The van der Waals surface area contributed by atoms with Crippen LogP contribution in [-0.4, -0.2) is 117 Å². The lowest BCUT2D eigenvalue weighted by molar-refractivity contribution is -0.358. The fourth-order valence-corrected chi connectivity index (χ4v) is 4.32. The Hall–Kier alpha value is -1.22. The van der Waals surface area contributed by atoms with Crippen LogP contribution in [0.4, 0.5) is 0 Å². The van der Waals surface area contributed by atoms with Gasteiger partial charge in [-0.3, -0.25) is 0 Å². The third kappa shape index (κ3) is 9.46. The van der Waals surface area contributed by atoms with Crippen LogP contribution in [0.2, 0.25) is 0 Å². The second-order valence-corrected chi connectivity index (χ2v) is 10.3. The molecule has 0 bridgehead atoms. The smallest absolute Gasteiger partial charge is 0.187 e. The quantitative estimate of drug-likeness (QED) is 0.155. The molecular weight excluding hydrogens is 500 g/mol. The lowest BCUT2D eigenvalue weighted by Crippen LogP contribution is -2.64. The summed E-state index contributed by atoms with van der Waals surface area (Å²) in [5.41, 5.74) is 3.75. The van der Waals surface area contributed by atoms with Crippen molar-refractivity contribution in [3.8, 4) is 0 Å². The van der Waals surface area contributed by atoms with E-state index >= 15 is 0 Å². The minimum absolute atomic E-state index is 0.111. The molecule has 10 atom stereocenters. The van der Waals surface area contributed by atoms with Crippen LogP contribution < -0.4 is 0 Å². The van der Waals surface area contributed by atoms with Gasteiger partial charge in [-0.25, -0.2) is 0 Å². The van der Waals surface area contributed by atoms with Gasteiger partial charge in [0.1, 0.15) is 48.8 Å². The second kappa shape index (κ2) is 16.1. The maximum atomic E-state index is 10.7. The van der Waals surface area contributed by atoms with Crippen molar-refractivity contribution in [2.45, 2.75) is 115 Å². The van der Waals surface area contributed by atoms with Gasteiger partial charge in [-0.05, 0) is 53.4 Å². The van der Waals surface area contributed by atoms with Crippen molar-refractivity contribution < 1.29 is 54.7 Å². The van der Waals surface area contributed by atoms with Crippen LogP contribution in [-0.2, 0) is 18.9 Å². The highest BCUT2D eigenvalue weighted by Gasteiger charge is 2.50.